The third-order valence-corrected chi connectivity index (χ3v) is 2.73. The van der Waals surface area contributed by atoms with E-state index in [0.29, 0.717) is 18.8 Å². The molecule has 0 bridgehead atoms. The van der Waals surface area contributed by atoms with Crippen molar-refractivity contribution in [3.63, 3.8) is 0 Å². The lowest BCUT2D eigenvalue weighted by molar-refractivity contribution is 0.0935. The van der Waals surface area contributed by atoms with Gasteiger partial charge < -0.3 is 20.9 Å². The highest BCUT2D eigenvalue weighted by Gasteiger charge is 2.18. The summed E-state index contributed by atoms with van der Waals surface area (Å²) in [5.41, 5.74) is 5.64. The first-order valence-electron chi connectivity index (χ1n) is 5.75. The lowest BCUT2D eigenvalue weighted by Crippen LogP contribution is -2.38. The fourth-order valence-electron chi connectivity index (χ4n) is 1.32. The molecule has 0 unspecified atom stereocenters. The minimum absolute atomic E-state index is 0.0996. The van der Waals surface area contributed by atoms with Gasteiger partial charge in [0.1, 0.15) is 11.5 Å². The Morgan fingerprint density at radius 2 is 2.17 bits per heavy atom. The highest BCUT2D eigenvalue weighted by atomic mass is 16.5. The summed E-state index contributed by atoms with van der Waals surface area (Å²) in [4.78, 5) is 11.9. The summed E-state index contributed by atoms with van der Waals surface area (Å²) >= 11 is 0. The normalized spacial score (nSPS) is 11.1. The maximum atomic E-state index is 11.9. The number of amides is 1. The van der Waals surface area contributed by atoms with Crippen LogP contribution in [0.1, 0.15) is 24.2 Å². The van der Waals surface area contributed by atoms with Crippen LogP contribution >= 0.6 is 0 Å². The predicted octanol–water partition coefficient (Wildman–Crippen LogP) is 1.12. The van der Waals surface area contributed by atoms with E-state index in [4.69, 9.17) is 10.5 Å². The number of rotatable bonds is 5. The van der Waals surface area contributed by atoms with Crippen molar-refractivity contribution in [3.8, 4) is 11.5 Å². The topological polar surface area (TPSA) is 84.6 Å². The number of hydrogen-bond acceptors (Lipinski definition) is 4. The first kappa shape index (κ1) is 14.3. The molecule has 0 atom stereocenters. The van der Waals surface area contributed by atoms with Crippen molar-refractivity contribution >= 4 is 5.91 Å². The van der Waals surface area contributed by atoms with Gasteiger partial charge in [-0.1, -0.05) is 13.8 Å². The van der Waals surface area contributed by atoms with Gasteiger partial charge in [-0.2, -0.15) is 0 Å². The van der Waals surface area contributed by atoms with Gasteiger partial charge in [-0.15, -0.1) is 0 Å². The molecule has 5 nitrogen and oxygen atoms in total. The molecule has 1 rings (SSSR count). The second-order valence-electron chi connectivity index (χ2n) is 4.93. The monoisotopic (exact) mass is 252 g/mol. The number of phenolic OH excluding ortho intramolecular Hbond substituents is 1. The number of carbonyl (C=O) groups is 1. The third-order valence-electron chi connectivity index (χ3n) is 2.73. The van der Waals surface area contributed by atoms with E-state index in [2.05, 4.69) is 5.32 Å². The Bertz CT molecular complexity index is 430. The molecule has 0 radical (unpaired) electrons. The lowest BCUT2D eigenvalue weighted by Gasteiger charge is -2.22. The smallest absolute Gasteiger partial charge is 0.255 e. The molecule has 0 aromatic heterocycles. The van der Waals surface area contributed by atoms with E-state index < -0.39 is 0 Å². The van der Waals surface area contributed by atoms with Gasteiger partial charge in [0.15, 0.2) is 0 Å². The Morgan fingerprint density at radius 1 is 1.50 bits per heavy atom. The van der Waals surface area contributed by atoms with Gasteiger partial charge in [0.25, 0.3) is 5.91 Å². The van der Waals surface area contributed by atoms with E-state index in [-0.39, 0.29) is 22.6 Å². The predicted molar refractivity (Wildman–Crippen MR) is 69.8 cm³/mol. The number of nitrogens with two attached hydrogens (primary N) is 1. The summed E-state index contributed by atoms with van der Waals surface area (Å²) in [7, 11) is 1.50. The van der Waals surface area contributed by atoms with Crippen molar-refractivity contribution in [2.24, 2.45) is 11.1 Å². The molecule has 0 heterocycles. The zero-order valence-electron chi connectivity index (χ0n) is 11.0. The fraction of sp³-hybridized carbons (Fsp3) is 0.462. The van der Waals surface area contributed by atoms with E-state index in [1.807, 2.05) is 13.8 Å². The van der Waals surface area contributed by atoms with Gasteiger partial charge in [-0.05, 0) is 24.1 Å². The number of methoxy groups -OCH3 is 1. The molecule has 0 aliphatic rings. The molecule has 1 aromatic carbocycles. The van der Waals surface area contributed by atoms with Gasteiger partial charge in [-0.3, -0.25) is 4.79 Å². The van der Waals surface area contributed by atoms with Crippen LogP contribution in [0.15, 0.2) is 18.2 Å². The van der Waals surface area contributed by atoms with Crippen molar-refractivity contribution in [1.29, 1.82) is 0 Å². The molecule has 100 valence electrons. The lowest BCUT2D eigenvalue weighted by atomic mass is 9.94. The SMILES string of the molecule is COc1ccc(C(=O)NCC(C)(C)CN)c(O)c1. The van der Waals surface area contributed by atoms with Crippen LogP contribution in [-0.2, 0) is 0 Å². The summed E-state index contributed by atoms with van der Waals surface area (Å²) in [6.07, 6.45) is 0. The van der Waals surface area contributed by atoms with Gasteiger partial charge in [0.05, 0.1) is 12.7 Å². The molecule has 0 aliphatic heterocycles. The largest absolute Gasteiger partial charge is 0.507 e. The number of carbonyl (C=O) groups excluding carboxylic acids is 1. The number of hydrogen-bond donors (Lipinski definition) is 3. The quantitative estimate of drug-likeness (QED) is 0.733. The van der Waals surface area contributed by atoms with Crippen LogP contribution in [-0.4, -0.2) is 31.2 Å². The van der Waals surface area contributed by atoms with Gasteiger partial charge in [0.2, 0.25) is 0 Å². The van der Waals surface area contributed by atoms with Gasteiger partial charge >= 0.3 is 0 Å². The van der Waals surface area contributed by atoms with Crippen molar-refractivity contribution in [2.45, 2.75) is 13.8 Å². The number of benzene rings is 1. The Morgan fingerprint density at radius 3 is 2.67 bits per heavy atom. The summed E-state index contributed by atoms with van der Waals surface area (Å²) in [5, 5.41) is 12.5. The van der Waals surface area contributed by atoms with Crippen molar-refractivity contribution < 1.29 is 14.6 Å². The van der Waals surface area contributed by atoms with Crippen LogP contribution in [0.25, 0.3) is 0 Å². The second kappa shape index (κ2) is 5.73. The Balaban J connectivity index is 2.73. The minimum atomic E-state index is -0.323. The molecule has 0 spiro atoms. The number of ether oxygens (including phenoxy) is 1. The van der Waals surface area contributed by atoms with Crippen molar-refractivity contribution in [2.75, 3.05) is 20.2 Å². The van der Waals surface area contributed by atoms with Crippen LogP contribution in [0.4, 0.5) is 0 Å². The maximum absolute atomic E-state index is 11.9. The number of nitrogens with one attached hydrogen (secondary N) is 1. The molecule has 0 aliphatic carbocycles. The molecule has 1 aromatic rings. The van der Waals surface area contributed by atoms with Crippen LogP contribution in [0.5, 0.6) is 11.5 Å². The fourth-order valence-corrected chi connectivity index (χ4v) is 1.32. The molecule has 4 N–H and O–H groups in total. The molecule has 0 saturated carbocycles. The van der Waals surface area contributed by atoms with Crippen molar-refractivity contribution in [3.05, 3.63) is 23.8 Å². The summed E-state index contributed by atoms with van der Waals surface area (Å²) in [6.45, 7) is 4.85. The molecular weight excluding hydrogens is 232 g/mol. The zero-order chi connectivity index (χ0) is 13.8. The van der Waals surface area contributed by atoms with Gasteiger partial charge in [-0.25, -0.2) is 0 Å². The van der Waals surface area contributed by atoms with Gasteiger partial charge in [0, 0.05) is 12.6 Å². The average Bonchev–Trinajstić information content (AvgIpc) is 2.36. The highest BCUT2D eigenvalue weighted by Crippen LogP contribution is 2.23. The van der Waals surface area contributed by atoms with Crippen LogP contribution < -0.4 is 15.8 Å². The number of phenols is 1. The van der Waals surface area contributed by atoms with E-state index in [1.165, 1.54) is 19.2 Å². The zero-order valence-corrected chi connectivity index (χ0v) is 11.0. The van der Waals surface area contributed by atoms with Crippen LogP contribution in [0.3, 0.4) is 0 Å². The molecular formula is C13H20N2O3. The number of aromatic hydroxyl groups is 1. The van der Waals surface area contributed by atoms with E-state index in [0.717, 1.165) is 0 Å². The first-order valence-corrected chi connectivity index (χ1v) is 5.75. The summed E-state index contributed by atoms with van der Waals surface area (Å²) < 4.78 is 4.95. The second-order valence-corrected chi connectivity index (χ2v) is 4.93. The average molecular weight is 252 g/mol. The van der Waals surface area contributed by atoms with E-state index in [9.17, 15) is 9.90 Å². The molecule has 18 heavy (non-hydrogen) atoms. The summed E-state index contributed by atoms with van der Waals surface area (Å²) in [6, 6.07) is 4.56. The van der Waals surface area contributed by atoms with E-state index >= 15 is 0 Å². The molecule has 1 amide bonds. The molecule has 0 fully saturated rings. The maximum Gasteiger partial charge on any atom is 0.255 e. The standard InChI is InChI=1S/C13H20N2O3/c1-13(2,7-14)8-15-12(17)10-5-4-9(18-3)6-11(10)16/h4-6,16H,7-8,14H2,1-3H3,(H,15,17). The Hall–Kier alpha value is -1.75. The molecule has 5 heteroatoms. The van der Waals surface area contributed by atoms with Crippen molar-refractivity contribution in [1.82, 2.24) is 5.32 Å². The third kappa shape index (κ3) is 3.63. The minimum Gasteiger partial charge on any atom is -0.507 e. The first-order chi connectivity index (χ1) is 8.39. The van der Waals surface area contributed by atoms with E-state index in [1.54, 1.807) is 6.07 Å². The van der Waals surface area contributed by atoms with Crippen LogP contribution in [0.2, 0.25) is 0 Å². The Kier molecular flexibility index (Phi) is 4.55. The molecule has 0 saturated heterocycles. The van der Waals surface area contributed by atoms with Crippen LogP contribution in [0, 0.1) is 5.41 Å². The Labute approximate surface area is 107 Å². The summed E-state index contributed by atoms with van der Waals surface area (Å²) in [5.74, 6) is 0.0837. The highest BCUT2D eigenvalue weighted by molar-refractivity contribution is 5.97.